The summed E-state index contributed by atoms with van der Waals surface area (Å²) in [6.45, 7) is 4.49. The number of unbranched alkanes of at least 4 members (excludes halogenated alkanes) is 1. The van der Waals surface area contributed by atoms with Crippen LogP contribution >= 0.6 is 0 Å². The van der Waals surface area contributed by atoms with E-state index in [9.17, 15) is 13.2 Å². The number of rotatable bonds is 11. The lowest BCUT2D eigenvalue weighted by molar-refractivity contribution is -0.116. The van der Waals surface area contributed by atoms with E-state index in [0.29, 0.717) is 12.1 Å². The van der Waals surface area contributed by atoms with Crippen molar-refractivity contribution in [1.29, 1.82) is 0 Å². The Morgan fingerprint density at radius 3 is 2.10 bits per heavy atom. The Balaban J connectivity index is 1.89. The van der Waals surface area contributed by atoms with Gasteiger partial charge in [-0.25, -0.2) is 8.42 Å². The minimum Gasteiger partial charge on any atom is -0.326 e. The Bertz CT molecular complexity index is 875. The Morgan fingerprint density at radius 2 is 1.55 bits per heavy atom. The molecule has 0 spiro atoms. The molecular weight excluding hydrogens is 384 g/mol. The average molecular weight is 417 g/mol. The minimum atomic E-state index is -3.41. The molecule has 2 aromatic carbocycles. The van der Waals surface area contributed by atoms with E-state index in [-0.39, 0.29) is 18.9 Å². The molecule has 0 heterocycles. The summed E-state index contributed by atoms with van der Waals surface area (Å²) in [4.78, 5) is 12.2. The van der Waals surface area contributed by atoms with Gasteiger partial charge >= 0.3 is 0 Å². The first kappa shape index (κ1) is 22.9. The average Bonchev–Trinajstić information content (AvgIpc) is 2.70. The van der Waals surface area contributed by atoms with Crippen LogP contribution in [0.2, 0.25) is 0 Å². The zero-order valence-corrected chi connectivity index (χ0v) is 18.5. The number of carbonyl (C=O) groups is 1. The smallest absolute Gasteiger partial charge is 0.232 e. The Hall–Kier alpha value is -2.34. The summed E-state index contributed by atoms with van der Waals surface area (Å²) in [5.41, 5.74) is 3.82. The molecule has 0 radical (unpaired) electrons. The third-order valence-electron chi connectivity index (χ3n) is 4.85. The summed E-state index contributed by atoms with van der Waals surface area (Å²) in [5, 5.41) is 2.89. The van der Waals surface area contributed by atoms with Crippen LogP contribution in [0.15, 0.2) is 48.5 Å². The fourth-order valence-corrected chi connectivity index (χ4v) is 4.09. The van der Waals surface area contributed by atoms with Gasteiger partial charge in [-0.1, -0.05) is 44.5 Å². The van der Waals surface area contributed by atoms with Gasteiger partial charge in [0.1, 0.15) is 0 Å². The number of nitrogens with zero attached hydrogens (tertiary/aromatic N) is 1. The first-order chi connectivity index (χ1) is 13.8. The maximum Gasteiger partial charge on any atom is 0.232 e. The van der Waals surface area contributed by atoms with E-state index in [2.05, 4.69) is 19.2 Å². The summed E-state index contributed by atoms with van der Waals surface area (Å²) in [6, 6.07) is 15.4. The fourth-order valence-electron chi connectivity index (χ4n) is 3.13. The number of nitrogens with one attached hydrogen (secondary N) is 1. The number of benzene rings is 2. The van der Waals surface area contributed by atoms with Gasteiger partial charge in [0.25, 0.3) is 0 Å². The van der Waals surface area contributed by atoms with Crippen LogP contribution in [-0.4, -0.2) is 27.1 Å². The van der Waals surface area contributed by atoms with E-state index in [1.54, 1.807) is 0 Å². The van der Waals surface area contributed by atoms with Crippen molar-refractivity contribution in [2.75, 3.05) is 22.4 Å². The maximum atomic E-state index is 12.2. The summed E-state index contributed by atoms with van der Waals surface area (Å²) in [5.74, 6) is -0.110. The largest absolute Gasteiger partial charge is 0.326 e. The molecule has 2 aromatic rings. The summed E-state index contributed by atoms with van der Waals surface area (Å²) in [7, 11) is -3.41. The normalized spacial score (nSPS) is 11.3. The number of hydrogen-bond acceptors (Lipinski definition) is 3. The van der Waals surface area contributed by atoms with Crippen LogP contribution in [0.1, 0.15) is 50.7 Å². The van der Waals surface area contributed by atoms with Gasteiger partial charge in [-0.3, -0.25) is 9.10 Å². The van der Waals surface area contributed by atoms with Crippen molar-refractivity contribution in [2.24, 2.45) is 0 Å². The SMILES string of the molecule is CCCCc1ccc(NC(=O)CCCN(c2ccc(CC)cc2)S(C)(=O)=O)cc1. The number of aryl methyl sites for hydroxylation is 2. The molecule has 0 aromatic heterocycles. The first-order valence-electron chi connectivity index (χ1n) is 10.3. The molecule has 0 fully saturated rings. The van der Waals surface area contributed by atoms with Crippen molar-refractivity contribution >= 4 is 27.3 Å². The van der Waals surface area contributed by atoms with Crippen LogP contribution in [0.4, 0.5) is 11.4 Å². The predicted octanol–water partition coefficient (Wildman–Crippen LogP) is 4.78. The number of hydrogen-bond donors (Lipinski definition) is 1. The number of sulfonamides is 1. The van der Waals surface area contributed by atoms with Crippen LogP contribution in [0.3, 0.4) is 0 Å². The summed E-state index contributed by atoms with van der Waals surface area (Å²) in [6.07, 6.45) is 6.17. The number of amides is 1. The molecule has 1 N–H and O–H groups in total. The van der Waals surface area contributed by atoms with E-state index in [1.807, 2.05) is 48.5 Å². The van der Waals surface area contributed by atoms with Gasteiger partial charge in [-0.2, -0.15) is 0 Å². The van der Waals surface area contributed by atoms with Gasteiger partial charge in [0, 0.05) is 18.7 Å². The highest BCUT2D eigenvalue weighted by atomic mass is 32.2. The third-order valence-corrected chi connectivity index (χ3v) is 6.05. The number of anilines is 2. The Morgan fingerprint density at radius 1 is 0.931 bits per heavy atom. The van der Waals surface area contributed by atoms with Crippen molar-refractivity contribution in [3.05, 3.63) is 59.7 Å². The molecule has 0 bridgehead atoms. The topological polar surface area (TPSA) is 66.5 Å². The molecular formula is C23H32N2O3S. The first-order valence-corrected chi connectivity index (χ1v) is 12.1. The molecule has 6 heteroatoms. The van der Waals surface area contributed by atoms with Crippen LogP contribution in [0, 0.1) is 0 Å². The molecule has 0 aliphatic heterocycles. The lowest BCUT2D eigenvalue weighted by atomic mass is 10.1. The molecule has 0 saturated heterocycles. The van der Waals surface area contributed by atoms with E-state index in [4.69, 9.17) is 0 Å². The highest BCUT2D eigenvalue weighted by molar-refractivity contribution is 7.92. The molecule has 5 nitrogen and oxygen atoms in total. The highest BCUT2D eigenvalue weighted by Crippen LogP contribution is 2.19. The zero-order chi connectivity index (χ0) is 21.3. The van der Waals surface area contributed by atoms with Crippen LogP contribution < -0.4 is 9.62 Å². The van der Waals surface area contributed by atoms with Gasteiger partial charge in [0.15, 0.2) is 0 Å². The van der Waals surface area contributed by atoms with E-state index < -0.39 is 10.0 Å². The van der Waals surface area contributed by atoms with Crippen molar-refractivity contribution in [2.45, 2.75) is 52.4 Å². The fraction of sp³-hybridized carbons (Fsp3) is 0.435. The highest BCUT2D eigenvalue weighted by Gasteiger charge is 2.17. The predicted molar refractivity (Wildman–Crippen MR) is 121 cm³/mol. The summed E-state index contributed by atoms with van der Waals surface area (Å²) < 4.78 is 25.7. The molecule has 158 valence electrons. The summed E-state index contributed by atoms with van der Waals surface area (Å²) >= 11 is 0. The van der Waals surface area contributed by atoms with Gasteiger partial charge in [0.2, 0.25) is 15.9 Å². The second kappa shape index (κ2) is 11.0. The minimum absolute atomic E-state index is 0.110. The van der Waals surface area contributed by atoms with Gasteiger partial charge in [-0.05, 0) is 61.1 Å². The molecule has 0 aliphatic carbocycles. The zero-order valence-electron chi connectivity index (χ0n) is 17.6. The molecule has 1 amide bonds. The van der Waals surface area contributed by atoms with Gasteiger partial charge in [0.05, 0.1) is 11.9 Å². The molecule has 0 atom stereocenters. The van der Waals surface area contributed by atoms with E-state index >= 15 is 0 Å². The van der Waals surface area contributed by atoms with Crippen LogP contribution in [0.25, 0.3) is 0 Å². The molecule has 0 unspecified atom stereocenters. The second-order valence-electron chi connectivity index (χ2n) is 7.31. The Kier molecular flexibility index (Phi) is 8.70. The quantitative estimate of drug-likeness (QED) is 0.573. The monoisotopic (exact) mass is 416 g/mol. The van der Waals surface area contributed by atoms with Crippen LogP contribution in [0.5, 0.6) is 0 Å². The lowest BCUT2D eigenvalue weighted by Gasteiger charge is -2.22. The van der Waals surface area contributed by atoms with Crippen molar-refractivity contribution < 1.29 is 13.2 Å². The van der Waals surface area contributed by atoms with Crippen molar-refractivity contribution in [1.82, 2.24) is 0 Å². The molecule has 0 aliphatic rings. The van der Waals surface area contributed by atoms with Crippen molar-refractivity contribution in [3.8, 4) is 0 Å². The second-order valence-corrected chi connectivity index (χ2v) is 9.21. The number of carbonyl (C=O) groups excluding carboxylic acids is 1. The maximum absolute atomic E-state index is 12.2. The molecule has 0 saturated carbocycles. The lowest BCUT2D eigenvalue weighted by Crippen LogP contribution is -2.31. The van der Waals surface area contributed by atoms with Crippen molar-refractivity contribution in [3.63, 3.8) is 0 Å². The van der Waals surface area contributed by atoms with Crippen LogP contribution in [-0.2, 0) is 27.7 Å². The van der Waals surface area contributed by atoms with E-state index in [0.717, 1.165) is 36.9 Å². The Labute approximate surface area is 175 Å². The van der Waals surface area contributed by atoms with Gasteiger partial charge in [-0.15, -0.1) is 0 Å². The third kappa shape index (κ3) is 7.54. The standard InChI is InChI=1S/C23H32N2O3S/c1-4-6-8-20-10-14-21(15-11-20)24-23(26)9-7-18-25(29(3,27)28)22-16-12-19(5-2)13-17-22/h10-17H,4-9,18H2,1-3H3,(H,24,26). The van der Waals surface area contributed by atoms with E-state index in [1.165, 1.54) is 16.1 Å². The molecule has 29 heavy (non-hydrogen) atoms. The van der Waals surface area contributed by atoms with Gasteiger partial charge < -0.3 is 5.32 Å². The molecule has 2 rings (SSSR count).